The summed E-state index contributed by atoms with van der Waals surface area (Å²) in [4.78, 5) is 0. The van der Waals surface area contributed by atoms with Crippen LogP contribution in [0.2, 0.25) is 0 Å². The molecule has 0 radical (unpaired) electrons. The second kappa shape index (κ2) is 4.77. The second-order valence-corrected chi connectivity index (χ2v) is 4.38. The van der Waals surface area contributed by atoms with E-state index in [2.05, 4.69) is 31.2 Å². The van der Waals surface area contributed by atoms with Crippen molar-refractivity contribution in [1.82, 2.24) is 0 Å². The maximum atomic E-state index is 5.87. The molecule has 0 spiro atoms. The third-order valence-electron chi connectivity index (χ3n) is 3.29. The Bertz CT molecular complexity index is 301. The summed E-state index contributed by atoms with van der Waals surface area (Å²) in [5, 5.41) is 0. The SMILES string of the molecule is Cc1ccc(C(CN)C2CCOC2)cc1. The zero-order chi connectivity index (χ0) is 10.7. The molecule has 2 atom stereocenters. The highest BCUT2D eigenvalue weighted by Gasteiger charge is 2.25. The van der Waals surface area contributed by atoms with Crippen molar-refractivity contribution in [3.05, 3.63) is 35.4 Å². The van der Waals surface area contributed by atoms with E-state index in [0.29, 0.717) is 11.8 Å². The monoisotopic (exact) mass is 205 g/mol. The molecule has 0 amide bonds. The molecule has 1 aromatic rings. The van der Waals surface area contributed by atoms with E-state index in [-0.39, 0.29) is 0 Å². The van der Waals surface area contributed by atoms with E-state index in [4.69, 9.17) is 10.5 Å². The standard InChI is InChI=1S/C13H19NO/c1-10-2-4-11(5-3-10)13(8-14)12-6-7-15-9-12/h2-5,12-13H,6-9,14H2,1H3. The molecule has 2 heteroatoms. The smallest absolute Gasteiger partial charge is 0.0501 e. The number of hydrogen-bond donors (Lipinski definition) is 1. The number of aryl methyl sites for hydroxylation is 1. The van der Waals surface area contributed by atoms with Crippen molar-refractivity contribution in [3.8, 4) is 0 Å². The highest BCUT2D eigenvalue weighted by atomic mass is 16.5. The minimum Gasteiger partial charge on any atom is -0.381 e. The van der Waals surface area contributed by atoms with Gasteiger partial charge in [0.1, 0.15) is 0 Å². The lowest BCUT2D eigenvalue weighted by Gasteiger charge is -2.21. The first-order valence-electron chi connectivity index (χ1n) is 5.65. The van der Waals surface area contributed by atoms with Gasteiger partial charge in [-0.15, -0.1) is 0 Å². The van der Waals surface area contributed by atoms with E-state index in [1.54, 1.807) is 0 Å². The van der Waals surface area contributed by atoms with Crippen molar-refractivity contribution in [2.45, 2.75) is 19.3 Å². The highest BCUT2D eigenvalue weighted by Crippen LogP contribution is 2.30. The molecule has 2 rings (SSSR count). The van der Waals surface area contributed by atoms with Crippen LogP contribution in [0.15, 0.2) is 24.3 Å². The van der Waals surface area contributed by atoms with Gasteiger partial charge in [-0.05, 0) is 31.4 Å². The topological polar surface area (TPSA) is 35.2 Å². The number of hydrogen-bond acceptors (Lipinski definition) is 2. The molecule has 0 bridgehead atoms. The number of benzene rings is 1. The molecule has 1 heterocycles. The van der Waals surface area contributed by atoms with Gasteiger partial charge in [-0.3, -0.25) is 0 Å². The summed E-state index contributed by atoms with van der Waals surface area (Å²) in [6.45, 7) is 4.60. The van der Waals surface area contributed by atoms with Crippen LogP contribution in [0.5, 0.6) is 0 Å². The number of nitrogens with two attached hydrogens (primary N) is 1. The fourth-order valence-corrected chi connectivity index (χ4v) is 2.28. The van der Waals surface area contributed by atoms with Crippen molar-refractivity contribution >= 4 is 0 Å². The third-order valence-corrected chi connectivity index (χ3v) is 3.29. The van der Waals surface area contributed by atoms with E-state index in [9.17, 15) is 0 Å². The number of ether oxygens (including phenoxy) is 1. The molecular formula is C13H19NO. The van der Waals surface area contributed by atoms with Crippen molar-refractivity contribution in [2.75, 3.05) is 19.8 Å². The van der Waals surface area contributed by atoms with Gasteiger partial charge in [0.15, 0.2) is 0 Å². The molecule has 1 fully saturated rings. The van der Waals surface area contributed by atoms with Gasteiger partial charge in [0.05, 0.1) is 6.61 Å². The Balaban J connectivity index is 2.14. The van der Waals surface area contributed by atoms with Gasteiger partial charge < -0.3 is 10.5 Å². The highest BCUT2D eigenvalue weighted by molar-refractivity contribution is 5.25. The quantitative estimate of drug-likeness (QED) is 0.820. The van der Waals surface area contributed by atoms with Gasteiger partial charge in [0, 0.05) is 12.5 Å². The Kier molecular flexibility index (Phi) is 3.39. The summed E-state index contributed by atoms with van der Waals surface area (Å²) in [5.74, 6) is 1.07. The predicted molar refractivity (Wildman–Crippen MR) is 61.9 cm³/mol. The molecule has 1 aromatic carbocycles. The fraction of sp³-hybridized carbons (Fsp3) is 0.538. The van der Waals surface area contributed by atoms with Crippen LogP contribution in [0.3, 0.4) is 0 Å². The van der Waals surface area contributed by atoms with Crippen LogP contribution in [-0.2, 0) is 4.74 Å². The molecule has 82 valence electrons. The van der Waals surface area contributed by atoms with E-state index < -0.39 is 0 Å². The number of rotatable bonds is 3. The molecule has 2 nitrogen and oxygen atoms in total. The largest absolute Gasteiger partial charge is 0.381 e. The first kappa shape index (κ1) is 10.7. The molecule has 1 saturated heterocycles. The molecular weight excluding hydrogens is 186 g/mol. The minimum absolute atomic E-state index is 0.466. The van der Waals surface area contributed by atoms with Crippen molar-refractivity contribution < 1.29 is 4.74 Å². The van der Waals surface area contributed by atoms with Crippen LogP contribution < -0.4 is 5.73 Å². The van der Waals surface area contributed by atoms with Crippen molar-refractivity contribution in [1.29, 1.82) is 0 Å². The third kappa shape index (κ3) is 2.39. The molecule has 2 N–H and O–H groups in total. The first-order valence-corrected chi connectivity index (χ1v) is 5.65. The molecule has 0 aromatic heterocycles. The van der Waals surface area contributed by atoms with Gasteiger partial charge in [0.25, 0.3) is 0 Å². The van der Waals surface area contributed by atoms with Crippen molar-refractivity contribution in [2.24, 2.45) is 11.7 Å². The lowest BCUT2D eigenvalue weighted by molar-refractivity contribution is 0.181. The average Bonchev–Trinajstić information content (AvgIpc) is 2.75. The zero-order valence-electron chi connectivity index (χ0n) is 9.28. The zero-order valence-corrected chi connectivity index (χ0v) is 9.28. The van der Waals surface area contributed by atoms with E-state index in [1.807, 2.05) is 0 Å². The summed E-state index contributed by atoms with van der Waals surface area (Å²) < 4.78 is 5.43. The van der Waals surface area contributed by atoms with Gasteiger partial charge in [-0.25, -0.2) is 0 Å². The Morgan fingerprint density at radius 3 is 2.67 bits per heavy atom. The van der Waals surface area contributed by atoms with Gasteiger partial charge >= 0.3 is 0 Å². The summed E-state index contributed by atoms with van der Waals surface area (Å²) in [6.07, 6.45) is 1.15. The summed E-state index contributed by atoms with van der Waals surface area (Å²) in [7, 11) is 0. The molecule has 1 aliphatic heterocycles. The Labute approximate surface area is 91.4 Å². The van der Waals surface area contributed by atoms with Gasteiger partial charge in [-0.2, -0.15) is 0 Å². The fourth-order valence-electron chi connectivity index (χ4n) is 2.28. The molecule has 2 unspecified atom stereocenters. The Hall–Kier alpha value is -0.860. The van der Waals surface area contributed by atoms with Gasteiger partial charge in [-0.1, -0.05) is 29.8 Å². The molecule has 0 aliphatic carbocycles. The Morgan fingerprint density at radius 2 is 2.13 bits per heavy atom. The average molecular weight is 205 g/mol. The minimum atomic E-state index is 0.466. The van der Waals surface area contributed by atoms with Crippen LogP contribution in [-0.4, -0.2) is 19.8 Å². The van der Waals surface area contributed by atoms with Crippen molar-refractivity contribution in [3.63, 3.8) is 0 Å². The maximum Gasteiger partial charge on any atom is 0.0501 e. The van der Waals surface area contributed by atoms with Crippen LogP contribution in [0, 0.1) is 12.8 Å². The summed E-state index contributed by atoms with van der Waals surface area (Å²) in [5.41, 5.74) is 8.53. The first-order chi connectivity index (χ1) is 7.31. The summed E-state index contributed by atoms with van der Waals surface area (Å²) in [6, 6.07) is 8.72. The second-order valence-electron chi connectivity index (χ2n) is 4.38. The molecule has 1 aliphatic rings. The summed E-state index contributed by atoms with van der Waals surface area (Å²) >= 11 is 0. The van der Waals surface area contributed by atoms with Crippen LogP contribution in [0.25, 0.3) is 0 Å². The molecule has 0 saturated carbocycles. The van der Waals surface area contributed by atoms with E-state index in [1.165, 1.54) is 11.1 Å². The van der Waals surface area contributed by atoms with Crippen LogP contribution >= 0.6 is 0 Å². The van der Waals surface area contributed by atoms with Gasteiger partial charge in [0.2, 0.25) is 0 Å². The normalized spacial score (nSPS) is 22.9. The van der Waals surface area contributed by atoms with E-state index >= 15 is 0 Å². The maximum absolute atomic E-state index is 5.87. The van der Waals surface area contributed by atoms with E-state index in [0.717, 1.165) is 26.2 Å². The van der Waals surface area contributed by atoms with Crippen LogP contribution in [0.4, 0.5) is 0 Å². The molecule has 15 heavy (non-hydrogen) atoms. The van der Waals surface area contributed by atoms with Crippen LogP contribution in [0.1, 0.15) is 23.5 Å². The lowest BCUT2D eigenvalue weighted by atomic mass is 9.85. The predicted octanol–water partition coefficient (Wildman–Crippen LogP) is 2.07. The Morgan fingerprint density at radius 1 is 1.40 bits per heavy atom. The lowest BCUT2D eigenvalue weighted by Crippen LogP contribution is -2.21.